The Hall–Kier alpha value is 0.643. The topological polar surface area (TPSA) is 20.2 Å². The predicted molar refractivity (Wildman–Crippen MR) is 81.9 cm³/mol. The molecule has 0 bridgehead atoms. The van der Waals surface area contributed by atoms with E-state index in [0.29, 0.717) is 5.41 Å². The van der Waals surface area contributed by atoms with Crippen molar-refractivity contribution in [1.82, 2.24) is 0 Å². The molecule has 0 saturated carbocycles. The van der Waals surface area contributed by atoms with Gasteiger partial charge in [-0.15, -0.1) is 17.0 Å². The van der Waals surface area contributed by atoms with E-state index in [2.05, 4.69) is 45.0 Å². The maximum Gasteiger partial charge on any atom is 1.47 e. The summed E-state index contributed by atoms with van der Waals surface area (Å²) in [7, 11) is -1.14. The van der Waals surface area contributed by atoms with Crippen molar-refractivity contribution in [3.63, 3.8) is 0 Å². The van der Waals surface area contributed by atoms with Crippen LogP contribution in [0.4, 0.5) is 0 Å². The summed E-state index contributed by atoms with van der Waals surface area (Å²) in [5.74, 6) is 0. The van der Waals surface area contributed by atoms with E-state index in [-0.39, 0.29) is 17.0 Å². The molecular formula is C12H22BrMgOSi+2. The second-order valence-corrected chi connectivity index (χ2v) is 7.95. The molecule has 0 aliphatic carbocycles. The van der Waals surface area contributed by atoms with Gasteiger partial charge < -0.3 is 4.80 Å². The second kappa shape index (κ2) is 8.69. The highest BCUT2D eigenvalue weighted by molar-refractivity contribution is 8.93. The van der Waals surface area contributed by atoms with Gasteiger partial charge in [0.05, 0.1) is 0 Å². The number of halogens is 1. The summed E-state index contributed by atoms with van der Waals surface area (Å²) in [6, 6.07) is 8.59. The fourth-order valence-corrected chi connectivity index (χ4v) is 2.04. The van der Waals surface area contributed by atoms with Crippen LogP contribution in [0.5, 0.6) is 0 Å². The average Bonchev–Trinajstić information content (AvgIpc) is 2.01. The van der Waals surface area contributed by atoms with Crippen molar-refractivity contribution in [2.45, 2.75) is 39.3 Å². The molecule has 7 radical (unpaired) electrons. The normalized spacial score (nSPS) is 10.2. The summed E-state index contributed by atoms with van der Waals surface area (Å²) in [6.45, 7) is 10.5. The van der Waals surface area contributed by atoms with Gasteiger partial charge in [0.2, 0.25) is 0 Å². The van der Waals surface area contributed by atoms with Gasteiger partial charge in [-0.3, -0.25) is 0 Å². The Morgan fingerprint density at radius 3 is 1.75 bits per heavy atom. The maximum absolute atomic E-state index is 8.19. The van der Waals surface area contributed by atoms with Crippen LogP contribution >= 0.6 is 17.0 Å². The molecule has 0 spiro atoms. The Bertz CT molecular complexity index is 295. The standard InChI is InChI=1S/C10H13.C2H8OSi.BrH.Mg/c1-10(2,3)9-7-5-4-6-8-9;1-4(2)3;;/h4-7H,1-3H3;3-4H,1-2H3;1H;/q;;;+2. The fraction of sp³-hybridized carbons (Fsp3) is 0.500. The van der Waals surface area contributed by atoms with E-state index in [9.17, 15) is 0 Å². The highest BCUT2D eigenvalue weighted by atomic mass is 79.9. The monoisotopic (exact) mass is 313 g/mol. The van der Waals surface area contributed by atoms with Crippen LogP contribution in [0.25, 0.3) is 0 Å². The lowest BCUT2D eigenvalue weighted by molar-refractivity contribution is 0.587. The zero-order valence-corrected chi connectivity index (χ0v) is 15.2. The number of hydrogen-bond donors (Lipinski definition) is 1. The summed E-state index contributed by atoms with van der Waals surface area (Å²) < 4.78 is 1.42. The Balaban J connectivity index is 0. The van der Waals surface area contributed by atoms with Gasteiger partial charge in [0, 0.05) is 11.6 Å². The molecule has 0 aliphatic rings. The van der Waals surface area contributed by atoms with E-state index < -0.39 is 9.04 Å². The number of rotatable bonds is 0. The van der Waals surface area contributed by atoms with Crippen LogP contribution in [0.3, 0.4) is 0 Å². The summed E-state index contributed by atoms with van der Waals surface area (Å²) in [4.78, 5) is 8.19. The first-order chi connectivity index (χ1) is 6.75. The first-order valence-electron chi connectivity index (χ1n) is 5.34. The molecule has 87 valence electrons. The van der Waals surface area contributed by atoms with Crippen LogP contribution in [0.15, 0.2) is 24.3 Å². The van der Waals surface area contributed by atoms with Crippen LogP contribution < -0.4 is 3.69 Å². The molecule has 1 N–H and O–H groups in total. The van der Waals surface area contributed by atoms with Gasteiger partial charge in [-0.25, -0.2) is 0 Å². The Morgan fingerprint density at radius 1 is 1.12 bits per heavy atom. The minimum absolute atomic E-state index is 0. The quantitative estimate of drug-likeness (QED) is 0.729. The van der Waals surface area contributed by atoms with Gasteiger partial charge in [-0.1, -0.05) is 39.0 Å². The molecule has 0 aliphatic heterocycles. The summed E-state index contributed by atoms with van der Waals surface area (Å²) in [6.07, 6.45) is 0. The van der Waals surface area contributed by atoms with Gasteiger partial charge in [0.15, 0.2) is 9.04 Å². The van der Waals surface area contributed by atoms with E-state index in [1.165, 1.54) is 9.26 Å². The van der Waals surface area contributed by atoms with Crippen LogP contribution in [0.2, 0.25) is 13.1 Å². The minimum Gasteiger partial charge on any atom is -0.435 e. The predicted octanol–water partition coefficient (Wildman–Crippen LogP) is 2.32. The largest absolute Gasteiger partial charge is 1.47 e. The lowest BCUT2D eigenvalue weighted by Crippen LogP contribution is -2.22. The van der Waals surface area contributed by atoms with Gasteiger partial charge >= 0.3 is 25.4 Å². The third-order valence-electron chi connectivity index (χ3n) is 1.83. The molecule has 1 nitrogen and oxygen atoms in total. The molecule has 1 aromatic rings. The Kier molecular flexibility index (Phi) is 10.3. The Morgan fingerprint density at radius 2 is 1.50 bits per heavy atom. The van der Waals surface area contributed by atoms with Crippen molar-refractivity contribution in [3.05, 3.63) is 29.8 Å². The van der Waals surface area contributed by atoms with E-state index in [0.717, 1.165) is 0 Å². The van der Waals surface area contributed by atoms with E-state index in [4.69, 9.17) is 4.80 Å². The third-order valence-corrected chi connectivity index (χ3v) is 2.44. The van der Waals surface area contributed by atoms with Crippen LogP contribution in [-0.2, 0) is 5.41 Å². The SMILES string of the molecule is Br.CC(C)(C)c1cccc[c]1[Mg+2].C[SiH](C)O. The molecule has 0 aromatic heterocycles. The Labute approximate surface area is 125 Å². The van der Waals surface area contributed by atoms with Gasteiger partial charge in [-0.05, 0) is 18.5 Å². The van der Waals surface area contributed by atoms with E-state index in [1.807, 2.05) is 34.8 Å². The molecule has 0 unspecified atom stereocenters. The summed E-state index contributed by atoms with van der Waals surface area (Å²) in [5.41, 5.74) is 1.75. The number of hydrogen-bond acceptors (Lipinski definition) is 1. The van der Waals surface area contributed by atoms with Crippen LogP contribution in [0, 0.1) is 0 Å². The molecule has 0 saturated heterocycles. The third kappa shape index (κ3) is 8.76. The van der Waals surface area contributed by atoms with Crippen molar-refractivity contribution in [2.24, 2.45) is 0 Å². The summed E-state index contributed by atoms with van der Waals surface area (Å²) >= 11 is 1.97. The average molecular weight is 315 g/mol. The molecule has 1 aromatic carbocycles. The lowest BCUT2D eigenvalue weighted by Gasteiger charge is -2.15. The van der Waals surface area contributed by atoms with Gasteiger partial charge in [0.1, 0.15) is 0 Å². The van der Waals surface area contributed by atoms with E-state index in [1.54, 1.807) is 0 Å². The second-order valence-electron chi connectivity index (χ2n) is 5.00. The highest BCUT2D eigenvalue weighted by Crippen LogP contribution is 2.18. The van der Waals surface area contributed by atoms with Gasteiger partial charge in [0.25, 0.3) is 0 Å². The molecule has 0 atom stereocenters. The molecule has 1 rings (SSSR count). The molecular weight excluding hydrogens is 292 g/mol. The zero-order chi connectivity index (χ0) is 12.1. The van der Waals surface area contributed by atoms with Crippen molar-refractivity contribution in [2.75, 3.05) is 0 Å². The smallest absolute Gasteiger partial charge is 0.435 e. The highest BCUT2D eigenvalue weighted by Gasteiger charge is 2.38. The zero-order valence-electron chi connectivity index (χ0n) is 10.9. The fourth-order valence-electron chi connectivity index (χ4n) is 1.25. The van der Waals surface area contributed by atoms with Crippen molar-refractivity contribution >= 4 is 51.4 Å². The lowest BCUT2D eigenvalue weighted by atomic mass is 9.87. The number of benzene rings is 1. The molecule has 0 heterocycles. The van der Waals surface area contributed by atoms with Crippen molar-refractivity contribution < 1.29 is 4.80 Å². The molecule has 4 heteroatoms. The minimum atomic E-state index is -1.14. The van der Waals surface area contributed by atoms with Gasteiger partial charge in [-0.2, -0.15) is 0 Å². The molecule has 0 fully saturated rings. The van der Waals surface area contributed by atoms with Crippen LogP contribution in [0.1, 0.15) is 26.3 Å². The molecule has 16 heavy (non-hydrogen) atoms. The van der Waals surface area contributed by atoms with Crippen molar-refractivity contribution in [1.29, 1.82) is 0 Å². The van der Waals surface area contributed by atoms with E-state index >= 15 is 0 Å². The van der Waals surface area contributed by atoms with Crippen LogP contribution in [-0.4, -0.2) is 35.5 Å². The van der Waals surface area contributed by atoms with Crippen molar-refractivity contribution in [3.8, 4) is 0 Å². The molecule has 0 amide bonds. The first kappa shape index (κ1) is 19.0. The maximum atomic E-state index is 8.19. The summed E-state index contributed by atoms with van der Waals surface area (Å²) in [5, 5.41) is 0. The first-order valence-corrected chi connectivity index (χ1v) is 8.88.